The number of hydrogen-bond donors (Lipinski definition) is 2. The van der Waals surface area contributed by atoms with Crippen molar-refractivity contribution in [2.45, 2.75) is 39.2 Å². The molecule has 112 valence electrons. The lowest BCUT2D eigenvalue weighted by Gasteiger charge is -2.19. The quantitative estimate of drug-likeness (QED) is 0.632. The molecule has 7 nitrogen and oxygen atoms in total. The van der Waals surface area contributed by atoms with Gasteiger partial charge in [0.1, 0.15) is 5.60 Å². The van der Waals surface area contributed by atoms with Crippen LogP contribution in [0.1, 0.15) is 33.6 Å². The third-order valence-corrected chi connectivity index (χ3v) is 3.34. The summed E-state index contributed by atoms with van der Waals surface area (Å²) in [5.41, 5.74) is -0.575. The smallest absolute Gasteiger partial charge is 0.306 e. The maximum Gasteiger partial charge on any atom is 0.306 e. The van der Waals surface area contributed by atoms with Gasteiger partial charge in [0.05, 0.1) is 12.2 Å². The van der Waals surface area contributed by atoms with E-state index in [4.69, 9.17) is 4.74 Å². The van der Waals surface area contributed by atoms with Gasteiger partial charge in [-0.05, 0) is 27.8 Å². The molecule has 0 saturated carbocycles. The molecule has 0 radical (unpaired) electrons. The maximum absolute atomic E-state index is 11.4. The van der Waals surface area contributed by atoms with Gasteiger partial charge in [-0.25, -0.2) is 13.1 Å². The van der Waals surface area contributed by atoms with Gasteiger partial charge < -0.3 is 10.1 Å². The monoisotopic (exact) mass is 294 g/mol. The van der Waals surface area contributed by atoms with E-state index >= 15 is 0 Å². The van der Waals surface area contributed by atoms with Crippen molar-refractivity contribution < 1.29 is 22.7 Å². The van der Waals surface area contributed by atoms with Crippen molar-refractivity contribution in [3.8, 4) is 0 Å². The minimum atomic E-state index is -3.33. The predicted molar refractivity (Wildman–Crippen MR) is 70.9 cm³/mol. The topological polar surface area (TPSA) is 102 Å². The average molecular weight is 294 g/mol. The van der Waals surface area contributed by atoms with Crippen LogP contribution in [0.3, 0.4) is 0 Å². The van der Waals surface area contributed by atoms with Gasteiger partial charge in [0.15, 0.2) is 0 Å². The second-order valence-corrected chi connectivity index (χ2v) is 7.01. The van der Waals surface area contributed by atoms with Gasteiger partial charge in [0, 0.05) is 13.0 Å². The lowest BCUT2D eigenvalue weighted by atomic mass is 10.2. The van der Waals surface area contributed by atoms with Gasteiger partial charge >= 0.3 is 5.97 Å². The SMILES string of the molecule is CNS(=O)(=O)CCNC(=O)CCC(=O)OC(C)(C)C. The normalized spacial score (nSPS) is 12.0. The molecule has 1 amide bonds. The highest BCUT2D eigenvalue weighted by atomic mass is 32.2. The second kappa shape index (κ2) is 7.44. The highest BCUT2D eigenvalue weighted by Gasteiger charge is 2.17. The van der Waals surface area contributed by atoms with Crippen molar-refractivity contribution in [2.75, 3.05) is 19.3 Å². The van der Waals surface area contributed by atoms with Gasteiger partial charge in [-0.2, -0.15) is 0 Å². The molecule has 0 aromatic rings. The molecule has 0 spiro atoms. The first-order valence-electron chi connectivity index (χ1n) is 5.95. The molecule has 0 heterocycles. The van der Waals surface area contributed by atoms with E-state index < -0.39 is 21.6 Å². The zero-order valence-corrected chi connectivity index (χ0v) is 12.6. The summed E-state index contributed by atoms with van der Waals surface area (Å²) in [6.45, 7) is 5.24. The fourth-order valence-corrected chi connectivity index (χ4v) is 1.70. The number of rotatable bonds is 7. The van der Waals surface area contributed by atoms with Crippen LogP contribution in [-0.2, 0) is 24.3 Å². The van der Waals surface area contributed by atoms with Crippen molar-refractivity contribution >= 4 is 21.9 Å². The number of carbonyl (C=O) groups is 2. The van der Waals surface area contributed by atoms with Crippen LogP contribution in [0.15, 0.2) is 0 Å². The molecule has 0 bridgehead atoms. The van der Waals surface area contributed by atoms with Gasteiger partial charge in [0.2, 0.25) is 15.9 Å². The Kier molecular flexibility index (Phi) is 6.99. The molecular weight excluding hydrogens is 272 g/mol. The van der Waals surface area contributed by atoms with Crippen LogP contribution < -0.4 is 10.0 Å². The molecule has 0 atom stereocenters. The number of esters is 1. The number of sulfonamides is 1. The Hall–Kier alpha value is -1.15. The van der Waals surface area contributed by atoms with E-state index in [9.17, 15) is 18.0 Å². The van der Waals surface area contributed by atoms with Crippen LogP contribution in [-0.4, -0.2) is 45.2 Å². The summed E-state index contributed by atoms with van der Waals surface area (Å²) in [5.74, 6) is -1.02. The Bertz CT molecular complexity index is 411. The molecule has 0 aromatic carbocycles. The molecule has 0 aliphatic carbocycles. The highest BCUT2D eigenvalue weighted by Crippen LogP contribution is 2.08. The fraction of sp³-hybridized carbons (Fsp3) is 0.818. The molecule has 19 heavy (non-hydrogen) atoms. The number of carbonyl (C=O) groups excluding carboxylic acids is 2. The first-order valence-corrected chi connectivity index (χ1v) is 7.61. The minimum absolute atomic E-state index is 0.0102. The average Bonchev–Trinajstić information content (AvgIpc) is 2.24. The first-order chi connectivity index (χ1) is 8.56. The van der Waals surface area contributed by atoms with E-state index in [0.717, 1.165) is 0 Å². The van der Waals surface area contributed by atoms with E-state index in [2.05, 4.69) is 10.0 Å². The molecule has 0 aromatic heterocycles. The number of hydrogen-bond acceptors (Lipinski definition) is 5. The Morgan fingerprint density at radius 1 is 1.16 bits per heavy atom. The van der Waals surface area contributed by atoms with E-state index in [1.54, 1.807) is 20.8 Å². The first kappa shape index (κ1) is 17.8. The Balaban J connectivity index is 3.86. The van der Waals surface area contributed by atoms with Crippen LogP contribution in [0.5, 0.6) is 0 Å². The third-order valence-electron chi connectivity index (χ3n) is 1.98. The lowest BCUT2D eigenvalue weighted by molar-refractivity contribution is -0.155. The summed E-state index contributed by atoms with van der Waals surface area (Å²) in [7, 11) is -2.02. The molecule has 0 aliphatic rings. The van der Waals surface area contributed by atoms with Crippen molar-refractivity contribution in [2.24, 2.45) is 0 Å². The van der Waals surface area contributed by atoms with E-state index in [1.807, 2.05) is 0 Å². The predicted octanol–water partition coefficient (Wildman–Crippen LogP) is -0.226. The molecule has 8 heteroatoms. The molecular formula is C11H22N2O5S. The summed E-state index contributed by atoms with van der Waals surface area (Å²) >= 11 is 0. The molecule has 0 fully saturated rings. The zero-order valence-electron chi connectivity index (χ0n) is 11.8. The van der Waals surface area contributed by atoms with E-state index in [-0.39, 0.29) is 31.0 Å². The van der Waals surface area contributed by atoms with Crippen molar-refractivity contribution in [1.29, 1.82) is 0 Å². The minimum Gasteiger partial charge on any atom is -0.460 e. The Morgan fingerprint density at radius 2 is 1.74 bits per heavy atom. The fourth-order valence-electron chi connectivity index (χ4n) is 1.12. The van der Waals surface area contributed by atoms with Gasteiger partial charge in [-0.15, -0.1) is 0 Å². The largest absolute Gasteiger partial charge is 0.460 e. The molecule has 0 aliphatic heterocycles. The van der Waals surface area contributed by atoms with Crippen molar-refractivity contribution in [3.05, 3.63) is 0 Å². The van der Waals surface area contributed by atoms with Crippen LogP contribution in [0.25, 0.3) is 0 Å². The molecule has 0 saturated heterocycles. The number of amides is 1. The Morgan fingerprint density at radius 3 is 2.21 bits per heavy atom. The summed E-state index contributed by atoms with van der Waals surface area (Å²) < 4.78 is 29.3. The van der Waals surface area contributed by atoms with Crippen LogP contribution in [0.4, 0.5) is 0 Å². The third kappa shape index (κ3) is 10.5. The van der Waals surface area contributed by atoms with Gasteiger partial charge in [-0.3, -0.25) is 9.59 Å². The van der Waals surface area contributed by atoms with E-state index in [1.165, 1.54) is 7.05 Å². The van der Waals surface area contributed by atoms with Crippen LogP contribution in [0.2, 0.25) is 0 Å². The van der Waals surface area contributed by atoms with Crippen molar-refractivity contribution in [1.82, 2.24) is 10.0 Å². The lowest BCUT2D eigenvalue weighted by Crippen LogP contribution is -2.33. The second-order valence-electron chi connectivity index (χ2n) is 4.96. The standard InChI is InChI=1S/C11H22N2O5S/c1-11(2,3)18-10(15)6-5-9(14)13-7-8-19(16,17)12-4/h12H,5-8H2,1-4H3,(H,13,14). The zero-order chi connectivity index (χ0) is 15.1. The van der Waals surface area contributed by atoms with Crippen LogP contribution in [0, 0.1) is 0 Å². The van der Waals surface area contributed by atoms with Gasteiger partial charge in [0.25, 0.3) is 0 Å². The maximum atomic E-state index is 11.4. The van der Waals surface area contributed by atoms with Crippen LogP contribution >= 0.6 is 0 Å². The summed E-state index contributed by atoms with van der Waals surface area (Å²) in [6.07, 6.45) is -0.0452. The molecule has 0 unspecified atom stereocenters. The van der Waals surface area contributed by atoms with Crippen molar-refractivity contribution in [3.63, 3.8) is 0 Å². The molecule has 2 N–H and O–H groups in total. The summed E-state index contributed by atoms with van der Waals surface area (Å²) in [4.78, 5) is 22.7. The summed E-state index contributed by atoms with van der Waals surface area (Å²) in [6, 6.07) is 0. The number of nitrogens with one attached hydrogen (secondary N) is 2. The Labute approximate surface area is 114 Å². The van der Waals surface area contributed by atoms with Gasteiger partial charge in [-0.1, -0.05) is 0 Å². The number of ether oxygens (including phenoxy) is 1. The summed E-state index contributed by atoms with van der Waals surface area (Å²) in [5, 5.41) is 2.43. The van der Waals surface area contributed by atoms with E-state index in [0.29, 0.717) is 0 Å². The highest BCUT2D eigenvalue weighted by molar-refractivity contribution is 7.89. The molecule has 0 rings (SSSR count).